The molecule has 22 heavy (non-hydrogen) atoms. The Labute approximate surface area is 133 Å². The molecule has 112 valence electrons. The predicted molar refractivity (Wildman–Crippen MR) is 89.9 cm³/mol. The lowest BCUT2D eigenvalue weighted by Crippen LogP contribution is -2.36. The number of benzene rings is 1. The molecular formula is C17H17N3OS. The molecule has 0 saturated carbocycles. The van der Waals surface area contributed by atoms with Gasteiger partial charge in [0, 0.05) is 18.8 Å². The molecule has 1 aliphatic heterocycles. The van der Waals surface area contributed by atoms with Crippen molar-refractivity contribution in [2.45, 2.75) is 0 Å². The Morgan fingerprint density at radius 3 is 2.45 bits per heavy atom. The van der Waals surface area contributed by atoms with E-state index in [4.69, 9.17) is 4.74 Å². The normalized spacial score (nSPS) is 15.2. The van der Waals surface area contributed by atoms with Gasteiger partial charge in [-0.1, -0.05) is 6.07 Å². The average molecular weight is 311 g/mol. The van der Waals surface area contributed by atoms with Gasteiger partial charge in [-0.05, 0) is 41.8 Å². The van der Waals surface area contributed by atoms with Crippen molar-refractivity contribution in [3.63, 3.8) is 0 Å². The second-order valence-corrected chi connectivity index (χ2v) is 6.17. The Morgan fingerprint density at radius 2 is 1.73 bits per heavy atom. The van der Waals surface area contributed by atoms with Gasteiger partial charge in [0.25, 0.3) is 0 Å². The van der Waals surface area contributed by atoms with E-state index < -0.39 is 0 Å². The molecule has 2 aromatic heterocycles. The maximum atomic E-state index is 5.41. The Balaban J connectivity index is 1.63. The fraction of sp³-hybridized carbons (Fsp3) is 0.235. The summed E-state index contributed by atoms with van der Waals surface area (Å²) in [5.74, 6) is 0. The Bertz CT molecular complexity index is 728. The number of nitrogens with zero attached hydrogens (tertiary/aromatic N) is 3. The summed E-state index contributed by atoms with van der Waals surface area (Å²) in [7, 11) is 0. The van der Waals surface area contributed by atoms with E-state index in [2.05, 4.69) is 57.8 Å². The van der Waals surface area contributed by atoms with Crippen LogP contribution < -0.4 is 4.90 Å². The molecule has 3 heterocycles. The van der Waals surface area contributed by atoms with Gasteiger partial charge >= 0.3 is 0 Å². The van der Waals surface area contributed by atoms with Gasteiger partial charge in [0.05, 0.1) is 35.7 Å². The highest BCUT2D eigenvalue weighted by molar-refractivity contribution is 7.13. The third-order valence-electron chi connectivity index (χ3n) is 3.89. The van der Waals surface area contributed by atoms with E-state index in [1.807, 2.05) is 10.9 Å². The SMILES string of the molecule is c1csc(-c2ccnn2-c2ccc(N3CCOCC3)cc2)c1. The van der Waals surface area contributed by atoms with E-state index >= 15 is 0 Å². The van der Waals surface area contributed by atoms with Crippen LogP contribution in [0.4, 0.5) is 5.69 Å². The van der Waals surface area contributed by atoms with E-state index in [1.54, 1.807) is 11.3 Å². The molecule has 4 nitrogen and oxygen atoms in total. The van der Waals surface area contributed by atoms with Crippen molar-refractivity contribution < 1.29 is 4.74 Å². The quantitative estimate of drug-likeness (QED) is 0.742. The minimum atomic E-state index is 0.809. The summed E-state index contributed by atoms with van der Waals surface area (Å²) >= 11 is 1.73. The fourth-order valence-corrected chi connectivity index (χ4v) is 3.48. The van der Waals surface area contributed by atoms with Crippen LogP contribution in [0.5, 0.6) is 0 Å². The number of rotatable bonds is 3. The Kier molecular flexibility index (Phi) is 3.66. The highest BCUT2D eigenvalue weighted by Gasteiger charge is 2.12. The molecule has 0 spiro atoms. The fourth-order valence-electron chi connectivity index (χ4n) is 2.75. The molecule has 1 fully saturated rings. The smallest absolute Gasteiger partial charge is 0.0840 e. The first-order valence-corrected chi connectivity index (χ1v) is 8.31. The van der Waals surface area contributed by atoms with Crippen LogP contribution in [0.15, 0.2) is 54.0 Å². The van der Waals surface area contributed by atoms with Gasteiger partial charge < -0.3 is 9.64 Å². The molecule has 0 aliphatic carbocycles. The molecule has 5 heteroatoms. The summed E-state index contributed by atoms with van der Waals surface area (Å²) in [6, 6.07) is 14.9. The number of hydrogen-bond acceptors (Lipinski definition) is 4. The molecule has 3 aromatic rings. The first-order chi connectivity index (χ1) is 10.9. The number of aromatic nitrogens is 2. The lowest BCUT2D eigenvalue weighted by Gasteiger charge is -2.28. The van der Waals surface area contributed by atoms with Crippen molar-refractivity contribution in [3.05, 3.63) is 54.0 Å². The molecule has 1 aromatic carbocycles. The maximum Gasteiger partial charge on any atom is 0.0840 e. The zero-order chi connectivity index (χ0) is 14.8. The molecule has 0 bridgehead atoms. The first kappa shape index (κ1) is 13.5. The molecule has 0 radical (unpaired) electrons. The second kappa shape index (κ2) is 5.94. The van der Waals surface area contributed by atoms with Crippen LogP contribution in [0.3, 0.4) is 0 Å². The molecule has 0 unspecified atom stereocenters. The molecule has 1 saturated heterocycles. The number of ether oxygens (including phenoxy) is 1. The highest BCUT2D eigenvalue weighted by Crippen LogP contribution is 2.27. The summed E-state index contributed by atoms with van der Waals surface area (Å²) < 4.78 is 7.40. The molecule has 1 aliphatic rings. The van der Waals surface area contributed by atoms with Gasteiger partial charge in [-0.3, -0.25) is 0 Å². The monoisotopic (exact) mass is 311 g/mol. The number of morpholine rings is 1. The standard InChI is InChI=1S/C17H17N3OS/c1-2-17(22-13-1)16-7-8-18-20(16)15-5-3-14(4-6-15)19-9-11-21-12-10-19/h1-8,13H,9-12H2. The number of thiophene rings is 1. The van der Waals surface area contributed by atoms with Crippen LogP contribution in [0.25, 0.3) is 16.3 Å². The molecule has 4 rings (SSSR count). The molecule has 0 N–H and O–H groups in total. The van der Waals surface area contributed by atoms with Gasteiger partial charge in [0.2, 0.25) is 0 Å². The van der Waals surface area contributed by atoms with Crippen molar-refractivity contribution in [3.8, 4) is 16.3 Å². The maximum absolute atomic E-state index is 5.41. The van der Waals surface area contributed by atoms with Gasteiger partial charge in [-0.15, -0.1) is 11.3 Å². The highest BCUT2D eigenvalue weighted by atomic mass is 32.1. The van der Waals surface area contributed by atoms with Crippen molar-refractivity contribution >= 4 is 17.0 Å². The lowest BCUT2D eigenvalue weighted by atomic mass is 10.2. The van der Waals surface area contributed by atoms with Crippen molar-refractivity contribution in [2.24, 2.45) is 0 Å². The summed E-state index contributed by atoms with van der Waals surface area (Å²) in [5.41, 5.74) is 3.47. The molecule has 0 atom stereocenters. The largest absolute Gasteiger partial charge is 0.378 e. The van der Waals surface area contributed by atoms with Crippen LogP contribution in [-0.2, 0) is 4.74 Å². The van der Waals surface area contributed by atoms with E-state index in [-0.39, 0.29) is 0 Å². The Morgan fingerprint density at radius 1 is 0.955 bits per heavy atom. The van der Waals surface area contributed by atoms with E-state index in [1.165, 1.54) is 10.6 Å². The number of hydrogen-bond donors (Lipinski definition) is 0. The Hall–Kier alpha value is -2.11. The zero-order valence-electron chi connectivity index (χ0n) is 12.2. The van der Waals surface area contributed by atoms with E-state index in [0.717, 1.165) is 37.7 Å². The van der Waals surface area contributed by atoms with Crippen LogP contribution in [0.2, 0.25) is 0 Å². The minimum absolute atomic E-state index is 0.809. The van der Waals surface area contributed by atoms with Gasteiger partial charge in [-0.25, -0.2) is 4.68 Å². The zero-order valence-corrected chi connectivity index (χ0v) is 13.0. The van der Waals surface area contributed by atoms with Crippen LogP contribution in [0.1, 0.15) is 0 Å². The van der Waals surface area contributed by atoms with Crippen molar-refractivity contribution in [2.75, 3.05) is 31.2 Å². The summed E-state index contributed by atoms with van der Waals surface area (Å²) in [6.07, 6.45) is 1.85. The van der Waals surface area contributed by atoms with E-state index in [0.29, 0.717) is 0 Å². The predicted octanol–water partition coefficient (Wildman–Crippen LogP) is 3.44. The topological polar surface area (TPSA) is 30.3 Å². The second-order valence-electron chi connectivity index (χ2n) is 5.22. The van der Waals surface area contributed by atoms with Gasteiger partial charge in [0.15, 0.2) is 0 Å². The number of anilines is 1. The summed E-state index contributed by atoms with van der Waals surface area (Å²) in [6.45, 7) is 3.54. The summed E-state index contributed by atoms with van der Waals surface area (Å²) in [4.78, 5) is 3.59. The third-order valence-corrected chi connectivity index (χ3v) is 4.78. The van der Waals surface area contributed by atoms with Crippen molar-refractivity contribution in [1.82, 2.24) is 9.78 Å². The van der Waals surface area contributed by atoms with Crippen molar-refractivity contribution in [1.29, 1.82) is 0 Å². The lowest BCUT2D eigenvalue weighted by molar-refractivity contribution is 0.122. The van der Waals surface area contributed by atoms with Crippen LogP contribution >= 0.6 is 11.3 Å². The first-order valence-electron chi connectivity index (χ1n) is 7.43. The van der Waals surface area contributed by atoms with Gasteiger partial charge in [-0.2, -0.15) is 5.10 Å². The average Bonchev–Trinajstić information content (AvgIpc) is 3.27. The minimum Gasteiger partial charge on any atom is -0.378 e. The van der Waals surface area contributed by atoms with Crippen LogP contribution in [-0.4, -0.2) is 36.1 Å². The van der Waals surface area contributed by atoms with E-state index in [9.17, 15) is 0 Å². The third kappa shape index (κ3) is 2.53. The molecule has 0 amide bonds. The summed E-state index contributed by atoms with van der Waals surface area (Å²) in [5, 5.41) is 6.57. The van der Waals surface area contributed by atoms with Gasteiger partial charge in [0.1, 0.15) is 0 Å². The van der Waals surface area contributed by atoms with Crippen LogP contribution in [0, 0.1) is 0 Å². The molecular weight excluding hydrogens is 294 g/mol.